The fourth-order valence-corrected chi connectivity index (χ4v) is 16.5. The molecule has 101 heavy (non-hydrogen) atoms. The lowest BCUT2D eigenvalue weighted by molar-refractivity contribution is -0.00460. The first kappa shape index (κ1) is 74.9. The van der Waals surface area contributed by atoms with E-state index in [2.05, 4.69) is 110 Å². The maximum atomic E-state index is 13.4. The van der Waals surface area contributed by atoms with E-state index in [-0.39, 0.29) is 109 Å². The zero-order valence-corrected chi connectivity index (χ0v) is 61.0. The van der Waals surface area contributed by atoms with Gasteiger partial charge >= 0.3 is 47.5 Å². The molecule has 0 saturated carbocycles. The third-order valence-corrected chi connectivity index (χ3v) is 21.2. The first-order chi connectivity index (χ1) is 47.3. The van der Waals surface area contributed by atoms with Crippen molar-refractivity contribution >= 4 is 92.3 Å². The van der Waals surface area contributed by atoms with Crippen LogP contribution in [0.25, 0.3) is 43.6 Å². The summed E-state index contributed by atoms with van der Waals surface area (Å²) in [6.45, 7) is 25.9. The molecule has 0 N–H and O–H groups in total. The van der Waals surface area contributed by atoms with Crippen LogP contribution in [0.2, 0.25) is 5.02 Å². The monoisotopic (exact) mass is 1430 g/mol. The number of nitrogens with zero attached hydrogens (tertiary/aromatic N) is 6. The Hall–Kier alpha value is -10.3. The van der Waals surface area contributed by atoms with Crippen molar-refractivity contribution in [3.8, 4) is 28.4 Å². The number of allylic oxidation sites excluding steroid dienone is 3. The van der Waals surface area contributed by atoms with Crippen LogP contribution in [0.3, 0.4) is 0 Å². The lowest BCUT2D eigenvalue weighted by atomic mass is 9.72. The molecular formula is C79H75ClN6O12S3. The molecule has 0 aromatic heterocycles. The van der Waals surface area contributed by atoms with Gasteiger partial charge in [-0.2, -0.15) is 39.6 Å². The Labute approximate surface area is 594 Å². The normalized spacial score (nSPS) is 14.0. The summed E-state index contributed by atoms with van der Waals surface area (Å²) in [6, 6.07) is 53.7. The summed E-state index contributed by atoms with van der Waals surface area (Å²) in [7, 11) is -12.9. The van der Waals surface area contributed by atoms with Gasteiger partial charge in [0.15, 0.2) is 0 Å². The number of ketones is 3. The number of hydrogen-bond acceptors (Lipinski definition) is 12. The number of carbonyl (C=O) groups excluding carboxylic acids is 3. The highest BCUT2D eigenvalue weighted by atomic mass is 35.5. The average Bonchev–Trinajstić information content (AvgIpc) is 0.765. The van der Waals surface area contributed by atoms with Gasteiger partial charge in [-0.1, -0.05) is 222 Å². The van der Waals surface area contributed by atoms with E-state index in [1.54, 1.807) is 54.6 Å². The predicted molar refractivity (Wildman–Crippen MR) is 393 cm³/mol. The maximum Gasteiger partial charge on any atom is 0.364 e. The molecule has 0 saturated heterocycles. The minimum Gasteiger partial charge on any atom is -0.379 e. The summed E-state index contributed by atoms with van der Waals surface area (Å²) >= 11 is 5.96. The molecule has 0 spiro atoms. The van der Waals surface area contributed by atoms with E-state index in [1.165, 1.54) is 48.6 Å². The molecule has 0 atom stereocenters. The Bertz CT molecular complexity index is 5230. The van der Waals surface area contributed by atoms with E-state index in [1.807, 2.05) is 84.9 Å². The van der Waals surface area contributed by atoms with Crippen LogP contribution in [-0.2, 0) is 46.6 Å². The number of fused-ring (bicyclic) bond motifs is 3. The predicted octanol–water partition coefficient (Wildman–Crippen LogP) is 17.0. The second-order valence-electron chi connectivity index (χ2n) is 28.7. The number of benzene rings is 8. The molecule has 0 bridgehead atoms. The molecular weight excluding hydrogens is 1360 g/mol. The summed E-state index contributed by atoms with van der Waals surface area (Å²) in [5.41, 5.74) is 33.0. The van der Waals surface area contributed by atoms with Gasteiger partial charge in [-0.25, -0.2) is 0 Å². The Morgan fingerprint density at radius 1 is 0.376 bits per heavy atom. The molecule has 8 aromatic carbocycles. The average molecular weight is 1430 g/mol. The van der Waals surface area contributed by atoms with Crippen molar-refractivity contribution in [2.45, 2.75) is 117 Å². The van der Waals surface area contributed by atoms with Crippen LogP contribution in [-0.4, -0.2) is 74.1 Å². The van der Waals surface area contributed by atoms with Crippen molar-refractivity contribution < 1.29 is 66.6 Å². The largest absolute Gasteiger partial charge is 0.379 e. The van der Waals surface area contributed by atoms with Crippen molar-refractivity contribution in [2.75, 3.05) is 0 Å². The fraction of sp³-hybridized carbons (Fsp3) is 0.241. The van der Waals surface area contributed by atoms with E-state index in [4.69, 9.17) is 29.7 Å². The molecule has 8 aromatic rings. The second-order valence-corrected chi connectivity index (χ2v) is 33.7. The lowest BCUT2D eigenvalue weighted by Crippen LogP contribution is -2.25. The number of rotatable bonds is 16. The first-order valence-electron chi connectivity index (χ1n) is 32.0. The van der Waals surface area contributed by atoms with Gasteiger partial charge in [0.05, 0.1) is 12.2 Å². The molecule has 0 unspecified atom stereocenters. The molecule has 0 heterocycles. The summed E-state index contributed by atoms with van der Waals surface area (Å²) in [6.07, 6.45) is 6.63. The van der Waals surface area contributed by atoms with E-state index < -0.39 is 53.4 Å². The maximum absolute atomic E-state index is 13.4. The van der Waals surface area contributed by atoms with Gasteiger partial charge in [-0.05, 0) is 135 Å². The van der Waals surface area contributed by atoms with Gasteiger partial charge in [0.2, 0.25) is 0 Å². The van der Waals surface area contributed by atoms with Crippen molar-refractivity contribution in [1.29, 1.82) is 0 Å². The minimum atomic E-state index is -4.35. The van der Waals surface area contributed by atoms with E-state index in [0.717, 1.165) is 58.4 Å². The van der Waals surface area contributed by atoms with Gasteiger partial charge in [0.1, 0.15) is 32.0 Å². The van der Waals surface area contributed by atoms with E-state index >= 15 is 0 Å². The van der Waals surface area contributed by atoms with Gasteiger partial charge in [0, 0.05) is 49.9 Å². The van der Waals surface area contributed by atoms with Crippen molar-refractivity contribution in [3.63, 3.8) is 0 Å². The highest BCUT2D eigenvalue weighted by molar-refractivity contribution is 7.97. The van der Waals surface area contributed by atoms with Gasteiger partial charge in [-0.3, -0.25) is 14.4 Å². The number of halogens is 1. The first-order valence-corrected chi connectivity index (χ1v) is 36.6. The van der Waals surface area contributed by atoms with Crippen molar-refractivity contribution in [3.05, 3.63) is 284 Å². The molecule has 3 aliphatic rings. The van der Waals surface area contributed by atoms with Crippen LogP contribution in [0.4, 0.5) is 0 Å². The number of hydrogen-bond donors (Lipinski definition) is 0. The molecule has 11 rings (SSSR count). The highest BCUT2D eigenvalue weighted by Gasteiger charge is 2.40. The van der Waals surface area contributed by atoms with Crippen molar-refractivity contribution in [2.24, 2.45) is 10.8 Å². The lowest BCUT2D eigenvalue weighted by Gasteiger charge is -2.33. The van der Waals surface area contributed by atoms with Gasteiger partial charge in [0.25, 0.3) is 17.3 Å². The van der Waals surface area contributed by atoms with Crippen LogP contribution in [0.5, 0.6) is 17.2 Å². The molecule has 22 heteroatoms. The van der Waals surface area contributed by atoms with E-state index in [9.17, 15) is 50.7 Å². The third kappa shape index (κ3) is 17.3. The summed E-state index contributed by atoms with van der Waals surface area (Å²) in [4.78, 5) is 45.9. The summed E-state index contributed by atoms with van der Waals surface area (Å²) < 4.78 is 95.0. The molecule has 0 radical (unpaired) electrons. The van der Waals surface area contributed by atoms with Crippen LogP contribution < -0.4 is 12.5 Å². The SMILES string of the molecule is CC(C)(C)CC(C)(C)c1ccc(OS(=O)(=O)C2=CC(=[N+]=[N-])C(=O)c3cc(-c4ccccc4)ccc32)cc1.CC(C)(C)CC(C)(C)c1ccc(OS(=O)(=O)C2=CC(=[N+]=[N-])C(=O)c3cc(Cl)ccc32)cc1.CC(C)(c1ccccc1)c1ccc(OS(=O)(=O)c2cccc3c2C=CC(=[N+]=[N-])C3=O)cc1. The van der Waals surface area contributed by atoms with E-state index in [0.29, 0.717) is 0 Å². The Morgan fingerprint density at radius 3 is 1.22 bits per heavy atom. The Kier molecular flexibility index (Phi) is 21.6. The zero-order chi connectivity index (χ0) is 73.8. The number of carbonyl (C=O) groups is 3. The summed E-state index contributed by atoms with van der Waals surface area (Å²) in [5, 5.41) is 0.252. The number of Topliss-reactive ketones (excluding diaryl/α,β-unsaturated/α-hetero) is 3. The minimum absolute atomic E-state index is 0.0225. The smallest absolute Gasteiger partial charge is 0.364 e. The molecule has 518 valence electrons. The van der Waals surface area contributed by atoms with Crippen LogP contribution >= 0.6 is 11.6 Å². The fourth-order valence-electron chi connectivity index (χ4n) is 12.9. The highest BCUT2D eigenvalue weighted by Crippen LogP contribution is 2.41. The van der Waals surface area contributed by atoms with Crippen molar-refractivity contribution in [1.82, 2.24) is 0 Å². The molecule has 0 amide bonds. The van der Waals surface area contributed by atoms with Crippen LogP contribution in [0, 0.1) is 10.8 Å². The zero-order valence-electron chi connectivity index (χ0n) is 57.8. The second kappa shape index (κ2) is 29.1. The topological polar surface area (TPSA) is 291 Å². The van der Waals surface area contributed by atoms with Crippen LogP contribution in [0.1, 0.15) is 166 Å². The van der Waals surface area contributed by atoms with Crippen LogP contribution in [0.15, 0.2) is 211 Å². The standard InChI is InChI=1S/C30H30N2O4S.C25H20N2O4S.C24H25ClN2O4S/c1-29(2,3)19-30(4,5)22-12-14-23(15-13-22)36-37(34,35)27-18-26(32-31)28(33)25-17-21(11-16-24(25)27)20-9-7-6-8-10-20;1-25(2,17-7-4-3-5-8-17)18-11-13-19(14-12-18)31-32(29,30)23-10-6-9-21-20(23)15-16-22(27-26)24(21)28;1-23(2,3)14-24(4,5)15-6-9-17(10-7-15)31-32(29,30)21-13-20(27-26)22(28)19-12-16(25)8-11-18(19)21/h6-18H,19H2,1-5H3;3-16H,1-2H3;6-13H,14H2,1-5H3. The quantitative estimate of drug-likeness (QED) is 0.0495. The molecule has 0 aliphatic heterocycles. The van der Waals surface area contributed by atoms with Gasteiger partial charge < -0.3 is 29.1 Å². The Balaban J connectivity index is 0.000000177. The van der Waals surface area contributed by atoms with Gasteiger partial charge in [-0.15, -0.1) is 0 Å². The summed E-state index contributed by atoms with van der Waals surface area (Å²) in [5.74, 6) is -1.31. The third-order valence-electron chi connectivity index (χ3n) is 17.1. The molecule has 18 nitrogen and oxygen atoms in total. The molecule has 3 aliphatic carbocycles. The Morgan fingerprint density at radius 2 is 0.772 bits per heavy atom. The molecule has 0 fully saturated rings.